The SMILES string of the molecule is CN1CCN(c2cccc(N[SH](=O)=O)c2)CC1. The molecule has 17 heavy (non-hydrogen) atoms. The molecule has 1 heterocycles. The van der Waals surface area contributed by atoms with Crippen LogP contribution >= 0.6 is 0 Å². The van der Waals surface area contributed by atoms with Crippen LogP contribution in [0.5, 0.6) is 0 Å². The molecule has 1 N–H and O–H groups in total. The molecular weight excluding hydrogens is 238 g/mol. The fraction of sp³-hybridized carbons (Fsp3) is 0.455. The van der Waals surface area contributed by atoms with Crippen LogP contribution in [0.4, 0.5) is 11.4 Å². The van der Waals surface area contributed by atoms with E-state index in [4.69, 9.17) is 0 Å². The zero-order valence-corrected chi connectivity index (χ0v) is 10.7. The van der Waals surface area contributed by atoms with Gasteiger partial charge in [-0.2, -0.15) is 0 Å². The molecule has 1 aromatic carbocycles. The van der Waals surface area contributed by atoms with Gasteiger partial charge in [0, 0.05) is 31.9 Å². The lowest BCUT2D eigenvalue weighted by Gasteiger charge is -2.34. The lowest BCUT2D eigenvalue weighted by atomic mass is 10.2. The van der Waals surface area contributed by atoms with Crippen molar-refractivity contribution in [2.75, 3.05) is 42.8 Å². The van der Waals surface area contributed by atoms with Crippen LogP contribution < -0.4 is 9.62 Å². The van der Waals surface area contributed by atoms with E-state index in [-0.39, 0.29) is 0 Å². The standard InChI is InChI=1S/C11H17N3O2S/c1-13-5-7-14(8-6-13)11-4-2-3-10(9-11)12-17(15)16/h2-4,9,17H,5-8H2,1H3,(H,12,15,16). The molecule has 0 aromatic heterocycles. The van der Waals surface area contributed by atoms with E-state index in [2.05, 4.69) is 21.6 Å². The molecule has 5 nitrogen and oxygen atoms in total. The average molecular weight is 255 g/mol. The first kappa shape index (κ1) is 12.2. The van der Waals surface area contributed by atoms with E-state index >= 15 is 0 Å². The number of piperazine rings is 1. The molecule has 94 valence electrons. The fourth-order valence-electron chi connectivity index (χ4n) is 1.94. The van der Waals surface area contributed by atoms with Crippen LogP contribution in [0.25, 0.3) is 0 Å². The molecule has 1 fully saturated rings. The van der Waals surface area contributed by atoms with E-state index in [0.29, 0.717) is 5.69 Å². The van der Waals surface area contributed by atoms with Gasteiger partial charge >= 0.3 is 0 Å². The van der Waals surface area contributed by atoms with Crippen molar-refractivity contribution in [2.45, 2.75) is 0 Å². The van der Waals surface area contributed by atoms with Crippen molar-refractivity contribution >= 4 is 22.3 Å². The van der Waals surface area contributed by atoms with Gasteiger partial charge in [0.1, 0.15) is 0 Å². The van der Waals surface area contributed by atoms with Gasteiger partial charge in [-0.3, -0.25) is 4.72 Å². The third kappa shape index (κ3) is 3.34. The van der Waals surface area contributed by atoms with Crippen molar-refractivity contribution in [1.82, 2.24) is 4.90 Å². The Morgan fingerprint density at radius 1 is 1.18 bits per heavy atom. The molecule has 1 aromatic rings. The summed E-state index contributed by atoms with van der Waals surface area (Å²) in [5, 5.41) is 0. The highest BCUT2D eigenvalue weighted by Gasteiger charge is 2.14. The summed E-state index contributed by atoms with van der Waals surface area (Å²) < 4.78 is 23.6. The van der Waals surface area contributed by atoms with Crippen molar-refractivity contribution in [3.63, 3.8) is 0 Å². The summed E-state index contributed by atoms with van der Waals surface area (Å²) in [5.74, 6) is 0. The number of hydrogen-bond acceptors (Lipinski definition) is 4. The van der Waals surface area contributed by atoms with E-state index in [0.717, 1.165) is 31.9 Å². The Balaban J connectivity index is 2.10. The topological polar surface area (TPSA) is 52.6 Å². The van der Waals surface area contributed by atoms with Crippen molar-refractivity contribution in [3.05, 3.63) is 24.3 Å². The smallest absolute Gasteiger partial charge is 0.222 e. The Labute approximate surface area is 103 Å². The summed E-state index contributed by atoms with van der Waals surface area (Å²) in [7, 11) is -0.482. The van der Waals surface area contributed by atoms with E-state index < -0.39 is 10.9 Å². The van der Waals surface area contributed by atoms with Crippen LogP contribution in [0.1, 0.15) is 0 Å². The maximum Gasteiger partial charge on any atom is 0.222 e. The number of nitrogens with one attached hydrogen (secondary N) is 1. The van der Waals surface area contributed by atoms with Crippen molar-refractivity contribution in [2.24, 2.45) is 0 Å². The number of rotatable bonds is 3. The Morgan fingerprint density at radius 3 is 2.53 bits per heavy atom. The fourth-order valence-corrected chi connectivity index (χ4v) is 2.29. The van der Waals surface area contributed by atoms with Crippen LogP contribution in [0.15, 0.2) is 24.3 Å². The largest absolute Gasteiger partial charge is 0.369 e. The monoisotopic (exact) mass is 255 g/mol. The van der Waals surface area contributed by atoms with Gasteiger partial charge in [-0.25, -0.2) is 8.42 Å². The molecule has 0 unspecified atom stereocenters. The second-order valence-electron chi connectivity index (χ2n) is 4.21. The van der Waals surface area contributed by atoms with Gasteiger partial charge in [0.25, 0.3) is 0 Å². The minimum Gasteiger partial charge on any atom is -0.369 e. The molecule has 2 rings (SSSR count). The molecule has 1 aliphatic heterocycles. The molecular formula is C11H17N3O2S. The molecule has 0 amide bonds. The summed E-state index contributed by atoms with van der Waals surface area (Å²) in [6, 6.07) is 7.50. The van der Waals surface area contributed by atoms with E-state index in [1.165, 1.54) is 0 Å². The highest BCUT2D eigenvalue weighted by molar-refractivity contribution is 7.73. The molecule has 0 saturated carbocycles. The highest BCUT2D eigenvalue weighted by Crippen LogP contribution is 2.20. The van der Waals surface area contributed by atoms with Crippen molar-refractivity contribution in [1.29, 1.82) is 0 Å². The zero-order valence-electron chi connectivity index (χ0n) is 9.80. The maximum absolute atomic E-state index is 10.6. The molecule has 1 aliphatic rings. The lowest BCUT2D eigenvalue weighted by Crippen LogP contribution is -2.44. The summed E-state index contributed by atoms with van der Waals surface area (Å²) >= 11 is 0. The first-order chi connectivity index (χ1) is 8.15. The van der Waals surface area contributed by atoms with E-state index in [9.17, 15) is 8.42 Å². The number of hydrogen-bond donors (Lipinski definition) is 2. The number of likely N-dealkylation sites (N-methyl/N-ethyl adjacent to an activating group) is 1. The van der Waals surface area contributed by atoms with Crippen molar-refractivity contribution < 1.29 is 8.42 Å². The van der Waals surface area contributed by atoms with Gasteiger partial charge in [0.2, 0.25) is 10.9 Å². The Hall–Kier alpha value is -1.27. The predicted molar refractivity (Wildman–Crippen MR) is 70.1 cm³/mol. The van der Waals surface area contributed by atoms with E-state index in [1.54, 1.807) is 6.07 Å². The van der Waals surface area contributed by atoms with Gasteiger partial charge in [0.15, 0.2) is 0 Å². The highest BCUT2D eigenvalue weighted by atomic mass is 32.2. The van der Waals surface area contributed by atoms with Crippen LogP contribution in [-0.4, -0.2) is 46.5 Å². The number of nitrogens with zero attached hydrogens (tertiary/aromatic N) is 2. The van der Waals surface area contributed by atoms with Gasteiger partial charge < -0.3 is 9.80 Å². The zero-order chi connectivity index (χ0) is 12.3. The van der Waals surface area contributed by atoms with Crippen LogP contribution in [-0.2, 0) is 10.9 Å². The Bertz CT molecular complexity index is 446. The number of thiol groups is 1. The van der Waals surface area contributed by atoms with Gasteiger partial charge in [-0.05, 0) is 25.2 Å². The molecule has 1 saturated heterocycles. The first-order valence-electron chi connectivity index (χ1n) is 5.60. The van der Waals surface area contributed by atoms with E-state index in [1.807, 2.05) is 18.2 Å². The van der Waals surface area contributed by atoms with Crippen LogP contribution in [0.3, 0.4) is 0 Å². The summed E-state index contributed by atoms with van der Waals surface area (Å²) in [4.78, 5) is 4.55. The molecule has 0 radical (unpaired) electrons. The molecule has 0 spiro atoms. The predicted octanol–water partition coefficient (Wildman–Crippen LogP) is 0.377. The molecule has 0 atom stereocenters. The maximum atomic E-state index is 10.6. The van der Waals surface area contributed by atoms with Gasteiger partial charge in [-0.1, -0.05) is 6.07 Å². The number of benzene rings is 1. The Kier molecular flexibility index (Phi) is 3.86. The van der Waals surface area contributed by atoms with Gasteiger partial charge in [-0.15, -0.1) is 0 Å². The minimum atomic E-state index is -2.59. The summed E-state index contributed by atoms with van der Waals surface area (Å²) in [5.41, 5.74) is 1.69. The number of anilines is 2. The molecule has 0 aliphatic carbocycles. The summed E-state index contributed by atoms with van der Waals surface area (Å²) in [6.07, 6.45) is 0. The molecule has 6 heteroatoms. The second kappa shape index (κ2) is 5.37. The van der Waals surface area contributed by atoms with Crippen molar-refractivity contribution in [3.8, 4) is 0 Å². The summed E-state index contributed by atoms with van der Waals surface area (Å²) in [6.45, 7) is 4.02. The lowest BCUT2D eigenvalue weighted by molar-refractivity contribution is 0.313. The average Bonchev–Trinajstić information content (AvgIpc) is 2.29. The van der Waals surface area contributed by atoms with Crippen LogP contribution in [0, 0.1) is 0 Å². The normalized spacial score (nSPS) is 17.4. The van der Waals surface area contributed by atoms with Gasteiger partial charge in [0.05, 0.1) is 5.69 Å². The van der Waals surface area contributed by atoms with Crippen LogP contribution in [0.2, 0.25) is 0 Å². The quantitative estimate of drug-likeness (QED) is 0.767. The minimum absolute atomic E-state index is 0.623. The Morgan fingerprint density at radius 2 is 1.88 bits per heavy atom. The molecule has 0 bridgehead atoms. The second-order valence-corrected chi connectivity index (χ2v) is 4.95. The first-order valence-corrected chi connectivity index (χ1v) is 6.77. The third-order valence-corrected chi connectivity index (χ3v) is 3.38. The third-order valence-electron chi connectivity index (χ3n) is 2.93.